The van der Waals surface area contributed by atoms with Gasteiger partial charge < -0.3 is 14.4 Å². The lowest BCUT2D eigenvalue weighted by molar-refractivity contribution is 0.0303. The molecule has 0 aliphatic carbocycles. The topological polar surface area (TPSA) is 91.0 Å². The molecule has 1 aromatic carbocycles. The Balaban J connectivity index is 1.65. The van der Waals surface area contributed by atoms with Crippen molar-refractivity contribution < 1.29 is 17.9 Å². The summed E-state index contributed by atoms with van der Waals surface area (Å²) in [5, 5.41) is 0. The smallest absolute Gasteiger partial charge is 0.264 e. The number of hydrogen-bond acceptors (Lipinski definition) is 7. The van der Waals surface area contributed by atoms with Gasteiger partial charge in [0.25, 0.3) is 15.9 Å². The molecule has 1 fully saturated rings. The van der Waals surface area contributed by atoms with E-state index in [2.05, 4.69) is 32.0 Å². The van der Waals surface area contributed by atoms with E-state index in [9.17, 15) is 13.2 Å². The molecule has 3 aliphatic rings. The fraction of sp³-hybridized carbons (Fsp3) is 0.235. The lowest BCUT2D eigenvalue weighted by Crippen LogP contribution is -2.41. The molecule has 0 unspecified atom stereocenters. The summed E-state index contributed by atoms with van der Waals surface area (Å²) in [5.74, 6) is -0.214. The van der Waals surface area contributed by atoms with Crippen LogP contribution in [0.5, 0.6) is 0 Å². The van der Waals surface area contributed by atoms with Gasteiger partial charge in [0, 0.05) is 29.1 Å². The van der Waals surface area contributed by atoms with Gasteiger partial charge in [-0.25, -0.2) is 8.42 Å². The number of morpholine rings is 1. The summed E-state index contributed by atoms with van der Waals surface area (Å²) < 4.78 is 39.6. The molecular formula is C17H17IN4O4S2. The Kier molecular flexibility index (Phi) is 5.58. The predicted octanol–water partition coefficient (Wildman–Crippen LogP) is 2.23. The number of hydrogen-bond donors (Lipinski definition) is 2. The highest BCUT2D eigenvalue weighted by atomic mass is 127. The average Bonchev–Trinajstić information content (AvgIpc) is 3.16. The van der Waals surface area contributed by atoms with Crippen LogP contribution in [0.25, 0.3) is 0 Å². The Morgan fingerprint density at radius 2 is 2.07 bits per heavy atom. The van der Waals surface area contributed by atoms with Crippen LogP contribution >= 0.6 is 34.7 Å². The van der Waals surface area contributed by atoms with Gasteiger partial charge in [-0.15, -0.1) is 0 Å². The number of amides is 1. The number of fused-ring (bicyclic) bond motifs is 1. The zero-order chi connectivity index (χ0) is 19.7. The fourth-order valence-electron chi connectivity index (χ4n) is 2.99. The van der Waals surface area contributed by atoms with E-state index in [-0.39, 0.29) is 16.5 Å². The molecule has 28 heavy (non-hydrogen) atoms. The van der Waals surface area contributed by atoms with Gasteiger partial charge in [0.05, 0.1) is 42.3 Å². The molecule has 3 aliphatic heterocycles. The maximum absolute atomic E-state index is 13.1. The van der Waals surface area contributed by atoms with E-state index in [0.29, 0.717) is 37.6 Å². The molecule has 1 amide bonds. The third-order valence-corrected chi connectivity index (χ3v) is 7.17. The molecular weight excluding hydrogens is 515 g/mol. The first-order valence-electron chi connectivity index (χ1n) is 8.46. The minimum absolute atomic E-state index is 0.135. The number of sulfonamides is 1. The number of benzene rings is 1. The monoisotopic (exact) mass is 532 g/mol. The number of halogens is 1. The molecule has 0 spiro atoms. The van der Waals surface area contributed by atoms with Crippen molar-refractivity contribution in [3.63, 3.8) is 0 Å². The van der Waals surface area contributed by atoms with Crippen LogP contribution in [0.3, 0.4) is 0 Å². The summed E-state index contributed by atoms with van der Waals surface area (Å²) in [5.41, 5.74) is 1.12. The van der Waals surface area contributed by atoms with Crippen LogP contribution in [0.1, 0.15) is 10.4 Å². The van der Waals surface area contributed by atoms with E-state index in [1.165, 1.54) is 18.2 Å². The molecule has 4 rings (SSSR count). The molecule has 1 aromatic rings. The predicted molar refractivity (Wildman–Crippen MR) is 116 cm³/mol. The number of ether oxygens (including phenoxy) is 1. The molecule has 3 heterocycles. The van der Waals surface area contributed by atoms with E-state index < -0.39 is 10.0 Å². The molecule has 1 saturated heterocycles. The Bertz CT molecular complexity index is 1000. The van der Waals surface area contributed by atoms with Crippen molar-refractivity contribution in [2.75, 3.05) is 31.0 Å². The molecule has 2 N–H and O–H groups in total. The third-order valence-electron chi connectivity index (χ3n) is 4.35. The Hall–Kier alpha value is -1.70. The highest BCUT2D eigenvalue weighted by Crippen LogP contribution is 2.34. The second kappa shape index (κ2) is 7.97. The summed E-state index contributed by atoms with van der Waals surface area (Å²) in [7, 11) is -3.90. The summed E-state index contributed by atoms with van der Waals surface area (Å²) in [6, 6.07) is 5.11. The standard InChI is InChI=1S/C17H17IN4O4S2/c18-12-3-4-13(17(23)21-6-8-26-9-7-21)14(10-12)20-28(24,25)16-2-1-5-22-15(16)11-19-27-22/h1-5,10-11,19-20H,6-9H2. The van der Waals surface area contributed by atoms with Crippen LogP contribution in [0.15, 0.2) is 53.4 Å². The van der Waals surface area contributed by atoms with E-state index in [1.54, 1.807) is 45.9 Å². The summed E-state index contributed by atoms with van der Waals surface area (Å²) in [6.07, 6.45) is 6.61. The third kappa shape index (κ3) is 3.88. The van der Waals surface area contributed by atoms with E-state index >= 15 is 0 Å². The molecule has 8 nitrogen and oxygen atoms in total. The summed E-state index contributed by atoms with van der Waals surface area (Å²) >= 11 is 3.37. The van der Waals surface area contributed by atoms with Crippen molar-refractivity contribution in [1.82, 2.24) is 13.9 Å². The first-order chi connectivity index (χ1) is 13.5. The van der Waals surface area contributed by atoms with Gasteiger partial charge >= 0.3 is 0 Å². The number of carbonyl (C=O) groups is 1. The molecule has 0 atom stereocenters. The number of nitrogens with one attached hydrogen (secondary N) is 2. The fourth-order valence-corrected chi connectivity index (χ4v) is 5.45. The van der Waals surface area contributed by atoms with Gasteiger partial charge in [0.2, 0.25) is 0 Å². The molecule has 0 bridgehead atoms. The summed E-state index contributed by atoms with van der Waals surface area (Å²) in [6.45, 7) is 1.92. The number of rotatable bonds is 4. The van der Waals surface area contributed by atoms with Crippen LogP contribution in [0.2, 0.25) is 0 Å². The minimum atomic E-state index is -3.90. The van der Waals surface area contributed by atoms with Crippen LogP contribution < -0.4 is 9.44 Å². The second-order valence-electron chi connectivity index (χ2n) is 6.14. The molecule has 0 saturated carbocycles. The van der Waals surface area contributed by atoms with Gasteiger partial charge in [-0.1, -0.05) is 0 Å². The largest absolute Gasteiger partial charge is 0.378 e. The maximum Gasteiger partial charge on any atom is 0.264 e. The van der Waals surface area contributed by atoms with E-state index in [1.807, 2.05) is 0 Å². The molecule has 0 aromatic heterocycles. The summed E-state index contributed by atoms with van der Waals surface area (Å²) in [4.78, 5) is 14.8. The van der Waals surface area contributed by atoms with Crippen molar-refractivity contribution in [2.24, 2.45) is 0 Å². The zero-order valence-electron chi connectivity index (χ0n) is 14.6. The first kappa shape index (κ1) is 19.6. The Labute approximate surface area is 181 Å². The van der Waals surface area contributed by atoms with Crippen LogP contribution in [-0.2, 0) is 14.8 Å². The second-order valence-corrected chi connectivity index (χ2v) is 9.85. The zero-order valence-corrected chi connectivity index (χ0v) is 18.4. The van der Waals surface area contributed by atoms with Gasteiger partial charge in [0.15, 0.2) is 0 Å². The number of carbonyl (C=O) groups excluding carboxylic acids is 1. The highest BCUT2D eigenvalue weighted by Gasteiger charge is 2.31. The maximum atomic E-state index is 13.1. The Morgan fingerprint density at radius 3 is 2.86 bits per heavy atom. The van der Waals surface area contributed by atoms with Crippen LogP contribution in [0.4, 0.5) is 5.69 Å². The van der Waals surface area contributed by atoms with Crippen molar-refractivity contribution in [2.45, 2.75) is 0 Å². The SMILES string of the molecule is O=C(c1ccc(I)cc1NS(=O)(=O)C1=CC=CN2SNC=C12)N1CCOCC1. The van der Waals surface area contributed by atoms with Crippen LogP contribution in [0, 0.1) is 3.57 Å². The lowest BCUT2D eigenvalue weighted by atomic mass is 10.1. The van der Waals surface area contributed by atoms with E-state index in [0.717, 1.165) is 3.57 Å². The number of nitrogens with zero attached hydrogens (tertiary/aromatic N) is 2. The Morgan fingerprint density at radius 1 is 1.29 bits per heavy atom. The van der Waals surface area contributed by atoms with Crippen LogP contribution in [-0.4, -0.2) is 49.8 Å². The molecule has 11 heteroatoms. The average molecular weight is 532 g/mol. The lowest BCUT2D eigenvalue weighted by Gasteiger charge is -2.28. The number of allylic oxidation sites excluding steroid dienone is 2. The van der Waals surface area contributed by atoms with Gasteiger partial charge in [-0.3, -0.25) is 13.8 Å². The van der Waals surface area contributed by atoms with Crippen molar-refractivity contribution in [3.8, 4) is 0 Å². The van der Waals surface area contributed by atoms with Gasteiger partial charge in [0.1, 0.15) is 4.91 Å². The normalized spacial score (nSPS) is 18.9. The molecule has 0 radical (unpaired) electrons. The van der Waals surface area contributed by atoms with Crippen molar-refractivity contribution in [3.05, 3.63) is 62.5 Å². The van der Waals surface area contributed by atoms with E-state index in [4.69, 9.17) is 4.74 Å². The number of anilines is 1. The van der Waals surface area contributed by atoms with Gasteiger partial charge in [-0.05, 0) is 52.9 Å². The quantitative estimate of drug-likeness (QED) is 0.454. The van der Waals surface area contributed by atoms with Crippen molar-refractivity contribution in [1.29, 1.82) is 0 Å². The van der Waals surface area contributed by atoms with Gasteiger partial charge in [-0.2, -0.15) is 0 Å². The van der Waals surface area contributed by atoms with Crippen molar-refractivity contribution >= 4 is 56.3 Å². The highest BCUT2D eigenvalue weighted by molar-refractivity contribution is 14.1. The minimum Gasteiger partial charge on any atom is -0.378 e. The molecule has 148 valence electrons. The first-order valence-corrected chi connectivity index (χ1v) is 11.8.